The highest BCUT2D eigenvalue weighted by Gasteiger charge is 2.22. The Kier molecular flexibility index (Phi) is 5.01. The lowest BCUT2D eigenvalue weighted by molar-refractivity contribution is -0.132. The molecule has 1 heterocycles. The lowest BCUT2D eigenvalue weighted by atomic mass is 9.96. The van der Waals surface area contributed by atoms with Crippen LogP contribution in [-0.4, -0.2) is 37.0 Å². The first-order valence-electron chi connectivity index (χ1n) is 7.27. The van der Waals surface area contributed by atoms with Gasteiger partial charge in [0.25, 0.3) is 0 Å². The fraction of sp³-hybridized carbons (Fsp3) is 0.562. The zero-order chi connectivity index (χ0) is 14.5. The zero-order valence-corrected chi connectivity index (χ0v) is 12.3. The van der Waals surface area contributed by atoms with E-state index in [1.165, 1.54) is 0 Å². The van der Waals surface area contributed by atoms with E-state index in [4.69, 9.17) is 10.5 Å². The smallest absolute Gasteiger partial charge is 0.223 e. The number of methoxy groups -OCH3 is 1. The number of rotatable bonds is 4. The topological polar surface area (TPSA) is 55.6 Å². The molecular formula is C16H24N2O2. The van der Waals surface area contributed by atoms with Crippen LogP contribution in [0.1, 0.15) is 37.7 Å². The molecule has 0 bridgehead atoms. The van der Waals surface area contributed by atoms with Crippen LogP contribution in [0.15, 0.2) is 24.3 Å². The standard InChI is InChI=1S/C16H24N2O2/c1-12(13-5-3-7-15(10-13)20-2)9-16(19)18-8-4-6-14(17)11-18/h3,5,7,10,12,14H,4,6,8-9,11,17H2,1-2H3/t12-,14+/m1/s1. The van der Waals surface area contributed by atoms with Crippen LogP contribution in [0, 0.1) is 0 Å². The average molecular weight is 276 g/mol. The maximum Gasteiger partial charge on any atom is 0.223 e. The summed E-state index contributed by atoms with van der Waals surface area (Å²) in [5.74, 6) is 1.23. The Morgan fingerprint density at radius 1 is 1.55 bits per heavy atom. The number of nitrogens with zero attached hydrogens (tertiary/aromatic N) is 1. The van der Waals surface area contributed by atoms with Crippen molar-refractivity contribution >= 4 is 5.91 Å². The number of benzene rings is 1. The Hall–Kier alpha value is -1.55. The molecule has 0 spiro atoms. The fourth-order valence-electron chi connectivity index (χ4n) is 2.69. The zero-order valence-electron chi connectivity index (χ0n) is 12.3. The normalized spacial score (nSPS) is 20.6. The lowest BCUT2D eigenvalue weighted by Crippen LogP contribution is -2.45. The van der Waals surface area contributed by atoms with Crippen molar-refractivity contribution in [3.63, 3.8) is 0 Å². The number of carbonyl (C=O) groups is 1. The van der Waals surface area contributed by atoms with Crippen LogP contribution >= 0.6 is 0 Å². The second-order valence-corrected chi connectivity index (χ2v) is 5.62. The Balaban J connectivity index is 1.96. The van der Waals surface area contributed by atoms with Crippen LogP contribution in [0.3, 0.4) is 0 Å². The summed E-state index contributed by atoms with van der Waals surface area (Å²) in [5.41, 5.74) is 7.07. The summed E-state index contributed by atoms with van der Waals surface area (Å²) in [4.78, 5) is 14.2. The lowest BCUT2D eigenvalue weighted by Gasteiger charge is -2.31. The molecule has 4 heteroatoms. The number of ether oxygens (including phenoxy) is 1. The molecule has 2 rings (SSSR count). The number of hydrogen-bond acceptors (Lipinski definition) is 3. The fourth-order valence-corrected chi connectivity index (χ4v) is 2.69. The van der Waals surface area contributed by atoms with Crippen LogP contribution < -0.4 is 10.5 Å². The van der Waals surface area contributed by atoms with Gasteiger partial charge in [-0.25, -0.2) is 0 Å². The highest BCUT2D eigenvalue weighted by molar-refractivity contribution is 5.77. The van der Waals surface area contributed by atoms with Gasteiger partial charge >= 0.3 is 0 Å². The number of piperidine rings is 1. The van der Waals surface area contributed by atoms with Gasteiger partial charge in [0.1, 0.15) is 5.75 Å². The van der Waals surface area contributed by atoms with E-state index in [0.29, 0.717) is 13.0 Å². The third-order valence-corrected chi connectivity index (χ3v) is 3.95. The van der Waals surface area contributed by atoms with E-state index in [0.717, 1.165) is 30.7 Å². The molecule has 1 fully saturated rings. The minimum atomic E-state index is 0.139. The van der Waals surface area contributed by atoms with E-state index in [9.17, 15) is 4.79 Å². The van der Waals surface area contributed by atoms with Crippen molar-refractivity contribution in [2.75, 3.05) is 20.2 Å². The van der Waals surface area contributed by atoms with Crippen molar-refractivity contribution in [3.05, 3.63) is 29.8 Å². The molecule has 1 aromatic rings. The summed E-state index contributed by atoms with van der Waals surface area (Å²) >= 11 is 0. The maximum atomic E-state index is 12.3. The maximum absolute atomic E-state index is 12.3. The number of nitrogens with two attached hydrogens (primary N) is 1. The molecule has 110 valence electrons. The van der Waals surface area contributed by atoms with Gasteiger partial charge in [-0.15, -0.1) is 0 Å². The Morgan fingerprint density at radius 3 is 3.05 bits per heavy atom. The van der Waals surface area contributed by atoms with Crippen LogP contribution in [0.5, 0.6) is 5.75 Å². The van der Waals surface area contributed by atoms with Crippen molar-refractivity contribution in [2.24, 2.45) is 5.73 Å². The van der Waals surface area contributed by atoms with Gasteiger partial charge in [0.05, 0.1) is 7.11 Å². The summed E-state index contributed by atoms with van der Waals surface area (Å²) in [6.45, 7) is 3.62. The molecule has 0 aromatic heterocycles. The molecule has 1 saturated heterocycles. The van der Waals surface area contributed by atoms with E-state index >= 15 is 0 Å². The van der Waals surface area contributed by atoms with Crippen molar-refractivity contribution in [2.45, 2.75) is 38.1 Å². The highest BCUT2D eigenvalue weighted by Crippen LogP contribution is 2.24. The van der Waals surface area contributed by atoms with E-state index in [1.807, 2.05) is 29.2 Å². The predicted molar refractivity (Wildman–Crippen MR) is 79.8 cm³/mol. The van der Waals surface area contributed by atoms with Gasteiger partial charge in [-0.2, -0.15) is 0 Å². The van der Waals surface area contributed by atoms with E-state index in [1.54, 1.807) is 7.11 Å². The van der Waals surface area contributed by atoms with Crippen molar-refractivity contribution < 1.29 is 9.53 Å². The predicted octanol–water partition coefficient (Wildman–Crippen LogP) is 2.14. The Bertz CT molecular complexity index is 462. The van der Waals surface area contributed by atoms with Gasteiger partial charge in [-0.3, -0.25) is 4.79 Å². The van der Waals surface area contributed by atoms with Crippen LogP contribution in [0.4, 0.5) is 0 Å². The number of amides is 1. The molecule has 1 aliphatic heterocycles. The number of carbonyl (C=O) groups excluding carboxylic acids is 1. The molecule has 2 N–H and O–H groups in total. The SMILES string of the molecule is COc1cccc([C@H](C)CC(=O)N2CCC[C@H](N)C2)c1. The molecule has 1 aliphatic rings. The molecule has 20 heavy (non-hydrogen) atoms. The molecule has 0 aliphatic carbocycles. The first-order chi connectivity index (χ1) is 9.60. The quantitative estimate of drug-likeness (QED) is 0.916. The Labute approximate surface area is 120 Å². The first kappa shape index (κ1) is 14.9. The van der Waals surface area contributed by atoms with E-state index in [-0.39, 0.29) is 17.9 Å². The Morgan fingerprint density at radius 2 is 2.35 bits per heavy atom. The summed E-state index contributed by atoms with van der Waals surface area (Å²) in [6, 6.07) is 8.07. The third kappa shape index (κ3) is 3.73. The van der Waals surface area contributed by atoms with Gasteiger partial charge in [-0.1, -0.05) is 19.1 Å². The number of hydrogen-bond donors (Lipinski definition) is 1. The minimum absolute atomic E-state index is 0.139. The van der Waals surface area contributed by atoms with E-state index in [2.05, 4.69) is 6.92 Å². The molecule has 0 unspecified atom stereocenters. The highest BCUT2D eigenvalue weighted by atomic mass is 16.5. The van der Waals surface area contributed by atoms with Gasteiger partial charge in [-0.05, 0) is 36.5 Å². The van der Waals surface area contributed by atoms with Gasteiger partial charge in [0.2, 0.25) is 5.91 Å². The van der Waals surface area contributed by atoms with Gasteiger partial charge < -0.3 is 15.4 Å². The molecule has 0 saturated carbocycles. The number of likely N-dealkylation sites (tertiary alicyclic amines) is 1. The molecular weight excluding hydrogens is 252 g/mol. The van der Waals surface area contributed by atoms with Gasteiger partial charge in [0.15, 0.2) is 0 Å². The summed E-state index contributed by atoms with van der Waals surface area (Å²) in [6.07, 6.45) is 2.57. The van der Waals surface area contributed by atoms with Crippen molar-refractivity contribution in [1.29, 1.82) is 0 Å². The van der Waals surface area contributed by atoms with Crippen LogP contribution in [0.2, 0.25) is 0 Å². The summed E-state index contributed by atoms with van der Waals surface area (Å²) in [5, 5.41) is 0. The average Bonchev–Trinajstić information content (AvgIpc) is 2.47. The van der Waals surface area contributed by atoms with Crippen LogP contribution in [-0.2, 0) is 4.79 Å². The second-order valence-electron chi connectivity index (χ2n) is 5.62. The first-order valence-corrected chi connectivity index (χ1v) is 7.27. The molecule has 1 aromatic carbocycles. The van der Waals surface area contributed by atoms with Crippen molar-refractivity contribution in [1.82, 2.24) is 4.90 Å². The van der Waals surface area contributed by atoms with Crippen molar-refractivity contribution in [3.8, 4) is 5.75 Å². The van der Waals surface area contributed by atoms with E-state index < -0.39 is 0 Å². The molecule has 2 atom stereocenters. The summed E-state index contributed by atoms with van der Waals surface area (Å²) in [7, 11) is 1.66. The largest absolute Gasteiger partial charge is 0.497 e. The summed E-state index contributed by atoms with van der Waals surface area (Å²) < 4.78 is 5.23. The monoisotopic (exact) mass is 276 g/mol. The minimum Gasteiger partial charge on any atom is -0.497 e. The van der Waals surface area contributed by atoms with Crippen LogP contribution in [0.25, 0.3) is 0 Å². The molecule has 1 amide bonds. The van der Waals surface area contributed by atoms with Gasteiger partial charge in [0, 0.05) is 25.6 Å². The third-order valence-electron chi connectivity index (χ3n) is 3.95. The second kappa shape index (κ2) is 6.75. The molecule has 0 radical (unpaired) electrons. The molecule has 4 nitrogen and oxygen atoms in total.